The number of halogens is 2. The van der Waals surface area contributed by atoms with Crippen molar-refractivity contribution in [1.29, 1.82) is 0 Å². The number of aromatic carboxylic acids is 1. The fraction of sp³-hybridized carbons (Fsp3) is 0.400. The lowest BCUT2D eigenvalue weighted by Gasteiger charge is -2.32. The first-order valence-electron chi connectivity index (χ1n) is 14.2. The number of carbonyl (C=O) groups excluding carboxylic acids is 2. The van der Waals surface area contributed by atoms with Gasteiger partial charge in [-0.3, -0.25) is 14.5 Å². The van der Waals surface area contributed by atoms with Crippen molar-refractivity contribution in [3.05, 3.63) is 57.9 Å². The minimum Gasteiger partial charge on any atom is -0.487 e. The van der Waals surface area contributed by atoms with E-state index in [1.807, 2.05) is 6.92 Å². The monoisotopic (exact) mass is 611 g/mol. The third-order valence-electron chi connectivity index (χ3n) is 8.73. The van der Waals surface area contributed by atoms with Crippen molar-refractivity contribution >= 4 is 45.8 Å². The second-order valence-electron chi connectivity index (χ2n) is 11.5. The van der Waals surface area contributed by atoms with E-state index < -0.39 is 46.8 Å². The van der Waals surface area contributed by atoms with Gasteiger partial charge in [-0.2, -0.15) is 0 Å². The van der Waals surface area contributed by atoms with Crippen molar-refractivity contribution in [2.75, 3.05) is 48.0 Å². The first-order valence-corrected chi connectivity index (χ1v) is 14.2. The van der Waals surface area contributed by atoms with Gasteiger partial charge in [0.1, 0.15) is 41.6 Å². The Bertz CT molecular complexity index is 1780. The number of pyridine rings is 1. The molecule has 3 unspecified atom stereocenters. The van der Waals surface area contributed by atoms with E-state index in [9.17, 15) is 24.3 Å². The molecule has 0 aliphatic carbocycles. The van der Waals surface area contributed by atoms with Crippen LogP contribution < -0.4 is 30.6 Å². The number of carbonyl (C=O) groups is 3. The Balaban J connectivity index is 1.25. The van der Waals surface area contributed by atoms with Crippen LogP contribution >= 0.6 is 0 Å². The van der Waals surface area contributed by atoms with Crippen molar-refractivity contribution in [2.45, 2.75) is 44.5 Å². The van der Waals surface area contributed by atoms with Crippen LogP contribution in [0.4, 0.5) is 30.6 Å². The Hall–Kier alpha value is -4.72. The van der Waals surface area contributed by atoms with Crippen LogP contribution in [-0.2, 0) is 9.53 Å². The number of nitrogens with two attached hydrogens (primary N) is 1. The van der Waals surface area contributed by atoms with Gasteiger partial charge in [0.25, 0.3) is 0 Å². The van der Waals surface area contributed by atoms with E-state index in [2.05, 4.69) is 0 Å². The van der Waals surface area contributed by atoms with E-state index in [0.717, 1.165) is 6.07 Å². The molecule has 2 saturated heterocycles. The molecular formula is C30H31F2N5O7. The van der Waals surface area contributed by atoms with Gasteiger partial charge in [0.05, 0.1) is 34.9 Å². The molecule has 6 rings (SSSR count). The van der Waals surface area contributed by atoms with Crippen LogP contribution in [0.5, 0.6) is 5.75 Å². The number of ketones is 1. The van der Waals surface area contributed by atoms with Gasteiger partial charge in [0.15, 0.2) is 11.6 Å². The number of benzene rings is 2. The molecule has 0 bridgehead atoms. The number of ether oxygens (including phenoxy) is 2. The molecule has 232 valence electrons. The second kappa shape index (κ2) is 10.8. The van der Waals surface area contributed by atoms with Crippen molar-refractivity contribution in [3.63, 3.8) is 0 Å². The van der Waals surface area contributed by atoms with Gasteiger partial charge in [0.2, 0.25) is 5.43 Å². The van der Waals surface area contributed by atoms with Crippen molar-refractivity contribution in [2.24, 2.45) is 5.73 Å². The molecule has 0 spiro atoms. The maximum Gasteiger partial charge on any atom is 0.414 e. The number of carboxylic acids is 1. The number of hydrogen-bond donors (Lipinski definition) is 2. The van der Waals surface area contributed by atoms with Gasteiger partial charge < -0.3 is 34.7 Å². The zero-order valence-corrected chi connectivity index (χ0v) is 24.3. The summed E-state index contributed by atoms with van der Waals surface area (Å²) >= 11 is 0. The SMILES string of the molecule is CC(=O)[C@@H](N)C1CN(c2ccc(N(C)C3CCN(c4c(F)cc5c(=O)c(C(=O)O)cn6c5c4OCC6C)C3)c(F)c2)C(=O)O1. The van der Waals surface area contributed by atoms with Crippen LogP contribution in [0.3, 0.4) is 0 Å². The molecular weight excluding hydrogens is 580 g/mol. The van der Waals surface area contributed by atoms with Crippen LogP contribution in [0.1, 0.15) is 36.7 Å². The van der Waals surface area contributed by atoms with E-state index in [4.69, 9.17) is 15.2 Å². The Morgan fingerprint density at radius 1 is 1.16 bits per heavy atom. The number of cyclic esters (lactones) is 1. The highest BCUT2D eigenvalue weighted by atomic mass is 19.1. The van der Waals surface area contributed by atoms with Crippen LogP contribution in [0.25, 0.3) is 10.9 Å². The number of amides is 1. The van der Waals surface area contributed by atoms with Gasteiger partial charge in [-0.05, 0) is 44.5 Å². The van der Waals surface area contributed by atoms with Gasteiger partial charge >= 0.3 is 12.1 Å². The number of likely N-dealkylation sites (N-methyl/N-ethyl adjacent to an activating group) is 1. The lowest BCUT2D eigenvalue weighted by atomic mass is 10.1. The number of aromatic nitrogens is 1. The summed E-state index contributed by atoms with van der Waals surface area (Å²) in [7, 11) is 1.72. The number of carboxylic acid groups (broad SMARTS) is 1. The fourth-order valence-electron chi connectivity index (χ4n) is 6.21. The fourth-order valence-corrected chi connectivity index (χ4v) is 6.21. The lowest BCUT2D eigenvalue weighted by Crippen LogP contribution is -2.43. The van der Waals surface area contributed by atoms with Crippen molar-refractivity contribution in [1.82, 2.24) is 4.57 Å². The zero-order valence-electron chi connectivity index (χ0n) is 24.3. The molecule has 0 radical (unpaired) electrons. The molecule has 2 fully saturated rings. The molecule has 3 N–H and O–H groups in total. The summed E-state index contributed by atoms with van der Waals surface area (Å²) in [6.45, 7) is 4.01. The summed E-state index contributed by atoms with van der Waals surface area (Å²) in [6.07, 6.45) is 0.273. The number of rotatable bonds is 7. The molecule has 4 atom stereocenters. The smallest absolute Gasteiger partial charge is 0.414 e. The molecule has 4 heterocycles. The lowest BCUT2D eigenvalue weighted by molar-refractivity contribution is -0.120. The third kappa shape index (κ3) is 4.69. The Morgan fingerprint density at radius 3 is 2.59 bits per heavy atom. The highest BCUT2D eigenvalue weighted by Gasteiger charge is 2.39. The summed E-state index contributed by atoms with van der Waals surface area (Å²) in [5, 5.41) is 9.45. The van der Waals surface area contributed by atoms with Crippen LogP contribution in [0.2, 0.25) is 0 Å². The van der Waals surface area contributed by atoms with Crippen LogP contribution in [0.15, 0.2) is 35.3 Å². The van der Waals surface area contributed by atoms with Crippen molar-refractivity contribution in [3.8, 4) is 5.75 Å². The maximum absolute atomic E-state index is 15.7. The summed E-state index contributed by atoms with van der Waals surface area (Å²) in [5.74, 6) is -2.84. The molecule has 14 heteroatoms. The van der Waals surface area contributed by atoms with E-state index in [0.29, 0.717) is 25.0 Å². The molecule has 44 heavy (non-hydrogen) atoms. The maximum atomic E-state index is 15.7. The standard InChI is InChI=1S/C30H31F2N5O7/c1-14-13-43-28-25-18(27(39)19(29(40)41)11-36(14)25)9-21(32)26(28)35-7-6-17(10-35)34(3)22-5-4-16(8-20(22)31)37-12-23(44-30(37)42)24(33)15(2)38/h4-5,8-9,11,14,17,23-24H,6-7,10,12-13,33H2,1-3H3,(H,40,41)/t14?,17?,23?,24-/m1/s1. The van der Waals surface area contributed by atoms with Crippen LogP contribution in [0, 0.1) is 11.6 Å². The molecule has 12 nitrogen and oxygen atoms in total. The average molecular weight is 612 g/mol. The van der Waals surface area contributed by atoms with Crippen molar-refractivity contribution < 1.29 is 37.7 Å². The summed E-state index contributed by atoms with van der Waals surface area (Å²) in [6, 6.07) is 3.91. The number of Topliss-reactive ketones (excluding diaryl/α,β-unsaturated/α-hetero) is 1. The Labute approximate surface area is 250 Å². The van der Waals surface area contributed by atoms with E-state index in [-0.39, 0.29) is 59.2 Å². The minimum absolute atomic E-state index is 0.0117. The predicted molar refractivity (Wildman–Crippen MR) is 157 cm³/mol. The van der Waals surface area contributed by atoms with Gasteiger partial charge in [-0.25, -0.2) is 18.4 Å². The highest BCUT2D eigenvalue weighted by Crippen LogP contribution is 2.43. The quantitative estimate of drug-likeness (QED) is 0.409. The molecule has 1 aromatic heterocycles. The van der Waals surface area contributed by atoms with E-state index in [1.54, 1.807) is 33.5 Å². The topological polar surface area (TPSA) is 148 Å². The molecule has 0 saturated carbocycles. The van der Waals surface area contributed by atoms with E-state index >= 15 is 8.78 Å². The molecule has 3 aromatic rings. The van der Waals surface area contributed by atoms with Crippen LogP contribution in [-0.4, -0.2) is 79.0 Å². The summed E-state index contributed by atoms with van der Waals surface area (Å²) < 4.78 is 44.0. The normalized spacial score (nSPS) is 21.8. The highest BCUT2D eigenvalue weighted by molar-refractivity contribution is 5.97. The summed E-state index contributed by atoms with van der Waals surface area (Å²) in [4.78, 5) is 53.4. The Kier molecular flexibility index (Phi) is 7.19. The van der Waals surface area contributed by atoms with Gasteiger partial charge in [0, 0.05) is 32.4 Å². The first kappa shape index (κ1) is 29.4. The number of anilines is 3. The largest absolute Gasteiger partial charge is 0.487 e. The predicted octanol–water partition coefficient (Wildman–Crippen LogP) is 2.89. The summed E-state index contributed by atoms with van der Waals surface area (Å²) in [5.41, 5.74) is 5.63. The Morgan fingerprint density at radius 2 is 1.91 bits per heavy atom. The third-order valence-corrected chi connectivity index (χ3v) is 8.73. The zero-order chi connectivity index (χ0) is 31.6. The van der Waals surface area contributed by atoms with E-state index in [1.165, 1.54) is 24.1 Å². The van der Waals surface area contributed by atoms with Gasteiger partial charge in [-0.1, -0.05) is 0 Å². The van der Waals surface area contributed by atoms with Gasteiger partial charge in [-0.15, -0.1) is 0 Å². The molecule has 3 aliphatic rings. The average Bonchev–Trinajstić information content (AvgIpc) is 3.62. The molecule has 3 aliphatic heterocycles. The molecule has 2 aromatic carbocycles. The second-order valence-corrected chi connectivity index (χ2v) is 11.5. The molecule has 1 amide bonds. The minimum atomic E-state index is -1.39. The number of nitrogens with zero attached hydrogens (tertiary/aromatic N) is 4. The number of hydrogen-bond acceptors (Lipinski definition) is 9. The first-order chi connectivity index (χ1) is 20.9.